The van der Waals surface area contributed by atoms with Crippen molar-refractivity contribution in [2.75, 3.05) is 13.2 Å². The molecule has 68 valence electrons. The average Bonchev–Trinajstić information content (AvgIpc) is 2.07. The van der Waals surface area contributed by atoms with Gasteiger partial charge in [0.05, 0.1) is 13.2 Å². The van der Waals surface area contributed by atoms with Gasteiger partial charge in [-0.15, -0.1) is 0 Å². The van der Waals surface area contributed by atoms with E-state index in [9.17, 15) is 5.11 Å². The Morgan fingerprint density at radius 3 is 2.83 bits per heavy atom. The second-order valence-corrected chi connectivity index (χ2v) is 2.61. The second-order valence-electron chi connectivity index (χ2n) is 2.61. The summed E-state index contributed by atoms with van der Waals surface area (Å²) in [6.45, 7) is 0.00889. The Kier molecular flexibility index (Phi) is 2.99. The summed E-state index contributed by atoms with van der Waals surface area (Å²) < 4.78 is 5.07. The molecule has 1 rings (SSSR count). The molecule has 2 atom stereocenters. The summed E-state index contributed by atoms with van der Waals surface area (Å²) >= 11 is 0. The normalized spacial score (nSPS) is 34.1. The van der Waals surface area contributed by atoms with Crippen molar-refractivity contribution in [1.82, 2.24) is 0 Å². The molecule has 0 aromatic heterocycles. The summed E-state index contributed by atoms with van der Waals surface area (Å²) in [4.78, 5) is 0. The molecule has 1 aliphatic carbocycles. The largest absolute Gasteiger partial charge is 0.394 e. The van der Waals surface area contributed by atoms with E-state index >= 15 is 0 Å². The zero-order chi connectivity index (χ0) is 9.03. The lowest BCUT2D eigenvalue weighted by Crippen LogP contribution is -2.52. The fourth-order valence-electron chi connectivity index (χ4n) is 0.980. The highest BCUT2D eigenvalue weighted by Gasteiger charge is 2.31. The van der Waals surface area contributed by atoms with Crippen LogP contribution in [0.3, 0.4) is 0 Å². The topological polar surface area (TPSA) is 75.7 Å². The molecule has 2 unspecified atom stereocenters. The molecule has 1 aliphatic rings. The number of rotatable bonds is 3. The molecule has 0 heterocycles. The first kappa shape index (κ1) is 9.41. The Labute approximate surface area is 71.0 Å². The van der Waals surface area contributed by atoms with Gasteiger partial charge in [-0.1, -0.05) is 18.2 Å². The predicted molar refractivity (Wildman–Crippen MR) is 44.2 cm³/mol. The summed E-state index contributed by atoms with van der Waals surface area (Å²) in [6, 6.07) is 0. The maximum Gasteiger partial charge on any atom is 0.166 e. The zero-order valence-electron chi connectivity index (χ0n) is 6.68. The maximum atomic E-state index is 9.39. The van der Waals surface area contributed by atoms with Crippen molar-refractivity contribution in [3.05, 3.63) is 24.3 Å². The standard InChI is InChI=1S/C8H13NO3/c9-8(12-6-5-10)4-2-1-3-7(8)11/h1-4,7,10-11H,5-6,9H2. The van der Waals surface area contributed by atoms with E-state index in [1.807, 2.05) is 0 Å². The van der Waals surface area contributed by atoms with E-state index in [0.717, 1.165) is 0 Å². The van der Waals surface area contributed by atoms with E-state index < -0.39 is 11.8 Å². The van der Waals surface area contributed by atoms with Gasteiger partial charge in [0.2, 0.25) is 0 Å². The third kappa shape index (κ3) is 1.92. The molecule has 0 aliphatic heterocycles. The fourth-order valence-corrected chi connectivity index (χ4v) is 0.980. The number of hydrogen-bond acceptors (Lipinski definition) is 4. The first-order valence-electron chi connectivity index (χ1n) is 3.77. The van der Waals surface area contributed by atoms with Gasteiger partial charge in [-0.05, 0) is 6.08 Å². The smallest absolute Gasteiger partial charge is 0.166 e. The van der Waals surface area contributed by atoms with Crippen LogP contribution in [0.5, 0.6) is 0 Å². The summed E-state index contributed by atoms with van der Waals surface area (Å²) in [5, 5.41) is 17.9. The van der Waals surface area contributed by atoms with Gasteiger partial charge in [0, 0.05) is 0 Å². The highest BCUT2D eigenvalue weighted by atomic mass is 16.5. The van der Waals surface area contributed by atoms with Gasteiger partial charge in [-0.25, -0.2) is 0 Å². The van der Waals surface area contributed by atoms with E-state index in [4.69, 9.17) is 15.6 Å². The second kappa shape index (κ2) is 3.82. The lowest BCUT2D eigenvalue weighted by molar-refractivity contribution is -0.0801. The number of hydrogen-bond donors (Lipinski definition) is 3. The molecular formula is C8H13NO3. The molecule has 12 heavy (non-hydrogen) atoms. The maximum absolute atomic E-state index is 9.39. The average molecular weight is 171 g/mol. The van der Waals surface area contributed by atoms with Crippen molar-refractivity contribution in [2.24, 2.45) is 5.73 Å². The number of aliphatic hydroxyl groups is 2. The molecule has 0 aromatic rings. The van der Waals surface area contributed by atoms with Gasteiger partial charge < -0.3 is 14.9 Å². The van der Waals surface area contributed by atoms with Gasteiger partial charge in [-0.3, -0.25) is 5.73 Å². The molecule has 0 fully saturated rings. The zero-order valence-corrected chi connectivity index (χ0v) is 6.68. The molecule has 0 saturated carbocycles. The van der Waals surface area contributed by atoms with E-state index in [-0.39, 0.29) is 13.2 Å². The number of aliphatic hydroxyl groups excluding tert-OH is 2. The van der Waals surface area contributed by atoms with E-state index in [1.165, 1.54) is 6.08 Å². The highest BCUT2D eigenvalue weighted by Crippen LogP contribution is 2.16. The first-order chi connectivity index (χ1) is 5.69. The minimum absolute atomic E-state index is 0.108. The molecule has 0 saturated heterocycles. The van der Waals surface area contributed by atoms with Gasteiger partial charge in [0.25, 0.3) is 0 Å². The van der Waals surface area contributed by atoms with Gasteiger partial charge in [-0.2, -0.15) is 0 Å². The molecule has 4 N–H and O–H groups in total. The van der Waals surface area contributed by atoms with Crippen LogP contribution in [-0.4, -0.2) is 35.3 Å². The quantitative estimate of drug-likeness (QED) is 0.483. The Bertz CT molecular complexity index is 202. The Morgan fingerprint density at radius 1 is 1.50 bits per heavy atom. The molecule has 0 bridgehead atoms. The fraction of sp³-hybridized carbons (Fsp3) is 0.500. The van der Waals surface area contributed by atoms with Crippen LogP contribution in [0.25, 0.3) is 0 Å². The molecule has 4 heteroatoms. The predicted octanol–water partition coefficient (Wildman–Crippen LogP) is -0.863. The van der Waals surface area contributed by atoms with Crippen molar-refractivity contribution in [2.45, 2.75) is 11.8 Å². The summed E-state index contributed by atoms with van der Waals surface area (Å²) in [5.41, 5.74) is 4.48. The Hall–Kier alpha value is -0.680. The van der Waals surface area contributed by atoms with Crippen LogP contribution < -0.4 is 5.73 Å². The van der Waals surface area contributed by atoms with Gasteiger partial charge in [0.15, 0.2) is 5.72 Å². The summed E-state index contributed by atoms with van der Waals surface area (Å²) in [6.07, 6.45) is 5.64. The third-order valence-corrected chi connectivity index (χ3v) is 1.67. The highest BCUT2D eigenvalue weighted by molar-refractivity contribution is 5.21. The van der Waals surface area contributed by atoms with Crippen LogP contribution in [0.4, 0.5) is 0 Å². The lowest BCUT2D eigenvalue weighted by Gasteiger charge is -2.31. The number of nitrogens with two attached hydrogens (primary N) is 1. The van der Waals surface area contributed by atoms with Gasteiger partial charge in [0.1, 0.15) is 6.10 Å². The van der Waals surface area contributed by atoms with Crippen LogP contribution in [0.2, 0.25) is 0 Å². The van der Waals surface area contributed by atoms with E-state index in [0.29, 0.717) is 0 Å². The van der Waals surface area contributed by atoms with Crippen molar-refractivity contribution >= 4 is 0 Å². The lowest BCUT2D eigenvalue weighted by atomic mass is 10.0. The Morgan fingerprint density at radius 2 is 2.25 bits per heavy atom. The van der Waals surface area contributed by atoms with Crippen LogP contribution in [-0.2, 0) is 4.74 Å². The minimum Gasteiger partial charge on any atom is -0.394 e. The number of allylic oxidation sites excluding steroid dienone is 2. The van der Waals surface area contributed by atoms with Crippen LogP contribution >= 0.6 is 0 Å². The summed E-state index contributed by atoms with van der Waals surface area (Å²) in [5.74, 6) is 0. The van der Waals surface area contributed by atoms with Crippen molar-refractivity contribution in [3.63, 3.8) is 0 Å². The van der Waals surface area contributed by atoms with Crippen molar-refractivity contribution in [1.29, 1.82) is 0 Å². The van der Waals surface area contributed by atoms with E-state index in [1.54, 1.807) is 18.2 Å². The van der Waals surface area contributed by atoms with Crippen LogP contribution in [0, 0.1) is 0 Å². The Balaban J connectivity index is 2.57. The van der Waals surface area contributed by atoms with Crippen LogP contribution in [0.1, 0.15) is 0 Å². The monoisotopic (exact) mass is 171 g/mol. The summed E-state index contributed by atoms with van der Waals surface area (Å²) in [7, 11) is 0. The SMILES string of the molecule is NC1(OCCO)C=CC=CC1O. The molecule has 0 aromatic carbocycles. The number of ether oxygens (including phenoxy) is 1. The molecule has 0 spiro atoms. The van der Waals surface area contributed by atoms with Gasteiger partial charge >= 0.3 is 0 Å². The van der Waals surface area contributed by atoms with E-state index in [2.05, 4.69) is 0 Å². The third-order valence-electron chi connectivity index (χ3n) is 1.67. The molecular weight excluding hydrogens is 158 g/mol. The van der Waals surface area contributed by atoms with Crippen molar-refractivity contribution < 1.29 is 14.9 Å². The van der Waals surface area contributed by atoms with Crippen molar-refractivity contribution in [3.8, 4) is 0 Å². The molecule has 4 nitrogen and oxygen atoms in total. The molecule has 0 amide bonds. The first-order valence-corrected chi connectivity index (χ1v) is 3.77. The van der Waals surface area contributed by atoms with Crippen LogP contribution in [0.15, 0.2) is 24.3 Å². The minimum atomic E-state index is -1.18. The molecule has 0 radical (unpaired) electrons.